The first-order chi connectivity index (χ1) is 8.61. The molecule has 1 heterocycles. The second-order valence-corrected chi connectivity index (χ2v) is 4.77. The molecule has 18 heavy (non-hydrogen) atoms. The molecule has 5 nitrogen and oxygen atoms in total. The van der Waals surface area contributed by atoms with Crippen LogP contribution in [0.25, 0.3) is 0 Å². The Hall–Kier alpha value is -2.09. The van der Waals surface area contributed by atoms with Gasteiger partial charge in [-0.3, -0.25) is 10.1 Å². The van der Waals surface area contributed by atoms with Crippen LogP contribution in [-0.2, 0) is 0 Å². The number of nitriles is 1. The van der Waals surface area contributed by atoms with Crippen molar-refractivity contribution < 1.29 is 4.92 Å². The minimum absolute atomic E-state index is 0.0307. The van der Waals surface area contributed by atoms with E-state index in [9.17, 15) is 10.1 Å². The Morgan fingerprint density at radius 3 is 2.94 bits per heavy atom. The van der Waals surface area contributed by atoms with Crippen LogP contribution in [0.5, 0.6) is 0 Å². The minimum Gasteiger partial charge on any atom is -0.366 e. The summed E-state index contributed by atoms with van der Waals surface area (Å²) in [5, 5.41) is 19.9. The monoisotopic (exact) mass is 245 g/mol. The molecule has 0 aromatic heterocycles. The van der Waals surface area contributed by atoms with E-state index in [-0.39, 0.29) is 5.69 Å². The largest absolute Gasteiger partial charge is 0.366 e. The maximum atomic E-state index is 11.1. The van der Waals surface area contributed by atoms with Gasteiger partial charge in [0.25, 0.3) is 5.69 Å². The van der Waals surface area contributed by atoms with Gasteiger partial charge in [0.2, 0.25) is 0 Å². The van der Waals surface area contributed by atoms with Crippen molar-refractivity contribution in [3.63, 3.8) is 0 Å². The van der Waals surface area contributed by atoms with Gasteiger partial charge in [-0.15, -0.1) is 0 Å². The van der Waals surface area contributed by atoms with E-state index < -0.39 is 4.92 Å². The lowest BCUT2D eigenvalue weighted by Gasteiger charge is -2.32. The summed E-state index contributed by atoms with van der Waals surface area (Å²) in [4.78, 5) is 12.7. The van der Waals surface area contributed by atoms with Gasteiger partial charge >= 0.3 is 0 Å². The SMILES string of the molecule is CC1CCCN(c2ccc(C#N)cc2[N+](=O)[O-])C1. The number of nitro benzene ring substituents is 1. The number of hydrogen-bond donors (Lipinski definition) is 0. The highest BCUT2D eigenvalue weighted by molar-refractivity contribution is 5.65. The van der Waals surface area contributed by atoms with Crippen LogP contribution in [0, 0.1) is 27.4 Å². The normalized spacial score (nSPS) is 19.3. The highest BCUT2D eigenvalue weighted by atomic mass is 16.6. The van der Waals surface area contributed by atoms with E-state index in [0.717, 1.165) is 19.5 Å². The van der Waals surface area contributed by atoms with E-state index in [2.05, 4.69) is 6.92 Å². The highest BCUT2D eigenvalue weighted by Gasteiger charge is 2.23. The number of hydrogen-bond acceptors (Lipinski definition) is 4. The Balaban J connectivity index is 2.37. The Kier molecular flexibility index (Phi) is 3.47. The van der Waals surface area contributed by atoms with Crippen molar-refractivity contribution in [2.24, 2.45) is 5.92 Å². The molecular formula is C13H15N3O2. The van der Waals surface area contributed by atoms with Crippen LogP contribution < -0.4 is 4.90 Å². The van der Waals surface area contributed by atoms with Crippen molar-refractivity contribution in [2.45, 2.75) is 19.8 Å². The first-order valence-electron chi connectivity index (χ1n) is 6.05. The van der Waals surface area contributed by atoms with E-state index in [1.54, 1.807) is 12.1 Å². The summed E-state index contributed by atoms with van der Waals surface area (Å²) < 4.78 is 0. The quantitative estimate of drug-likeness (QED) is 0.593. The summed E-state index contributed by atoms with van der Waals surface area (Å²) in [6.07, 6.45) is 2.22. The molecule has 1 fully saturated rings. The molecule has 0 bridgehead atoms. The van der Waals surface area contributed by atoms with Gasteiger partial charge in [0, 0.05) is 19.2 Å². The lowest BCUT2D eigenvalue weighted by atomic mass is 9.99. The molecule has 1 atom stereocenters. The number of anilines is 1. The molecule has 0 aliphatic carbocycles. The molecule has 0 amide bonds. The molecule has 1 aliphatic heterocycles. The maximum Gasteiger partial charge on any atom is 0.293 e. The van der Waals surface area contributed by atoms with Crippen LogP contribution in [0.3, 0.4) is 0 Å². The fraction of sp³-hybridized carbons (Fsp3) is 0.462. The van der Waals surface area contributed by atoms with Gasteiger partial charge in [-0.1, -0.05) is 6.92 Å². The molecule has 94 valence electrons. The van der Waals surface area contributed by atoms with Gasteiger partial charge in [0.05, 0.1) is 16.6 Å². The zero-order valence-electron chi connectivity index (χ0n) is 10.3. The Morgan fingerprint density at radius 1 is 1.56 bits per heavy atom. The molecule has 0 saturated carbocycles. The average Bonchev–Trinajstić information content (AvgIpc) is 2.38. The Morgan fingerprint density at radius 2 is 2.33 bits per heavy atom. The lowest BCUT2D eigenvalue weighted by Crippen LogP contribution is -2.34. The predicted octanol–water partition coefficient (Wildman–Crippen LogP) is 2.70. The minimum atomic E-state index is -0.407. The molecule has 2 rings (SSSR count). The third-order valence-electron chi connectivity index (χ3n) is 3.30. The molecule has 1 aromatic carbocycles. The van der Waals surface area contributed by atoms with Gasteiger partial charge in [0.15, 0.2) is 0 Å². The van der Waals surface area contributed by atoms with Crippen molar-refractivity contribution in [3.8, 4) is 6.07 Å². The first-order valence-corrected chi connectivity index (χ1v) is 6.05. The van der Waals surface area contributed by atoms with E-state index in [1.807, 2.05) is 11.0 Å². The van der Waals surface area contributed by atoms with Crippen LogP contribution in [0.4, 0.5) is 11.4 Å². The molecule has 5 heteroatoms. The number of rotatable bonds is 2. The zero-order chi connectivity index (χ0) is 13.1. The van der Waals surface area contributed by atoms with Crippen LogP contribution in [0.15, 0.2) is 18.2 Å². The number of benzene rings is 1. The molecule has 0 spiro atoms. The fourth-order valence-corrected chi connectivity index (χ4v) is 2.41. The average molecular weight is 245 g/mol. The van der Waals surface area contributed by atoms with E-state index in [1.165, 1.54) is 12.5 Å². The Bertz CT molecular complexity index is 507. The molecule has 1 saturated heterocycles. The smallest absolute Gasteiger partial charge is 0.293 e. The van der Waals surface area contributed by atoms with E-state index in [4.69, 9.17) is 5.26 Å². The van der Waals surface area contributed by atoms with E-state index >= 15 is 0 Å². The fourth-order valence-electron chi connectivity index (χ4n) is 2.41. The van der Waals surface area contributed by atoms with E-state index in [0.29, 0.717) is 17.2 Å². The molecule has 1 aliphatic rings. The summed E-state index contributed by atoms with van der Waals surface area (Å²) in [5.74, 6) is 0.550. The van der Waals surface area contributed by atoms with Gasteiger partial charge in [0.1, 0.15) is 5.69 Å². The summed E-state index contributed by atoms with van der Waals surface area (Å²) in [5.41, 5.74) is 0.990. The topological polar surface area (TPSA) is 70.2 Å². The summed E-state index contributed by atoms with van der Waals surface area (Å²) in [7, 11) is 0. The van der Waals surface area contributed by atoms with Gasteiger partial charge in [-0.2, -0.15) is 5.26 Å². The zero-order valence-corrected chi connectivity index (χ0v) is 10.3. The third-order valence-corrected chi connectivity index (χ3v) is 3.30. The highest BCUT2D eigenvalue weighted by Crippen LogP contribution is 2.32. The van der Waals surface area contributed by atoms with Crippen LogP contribution in [0.1, 0.15) is 25.3 Å². The number of nitro groups is 1. The van der Waals surface area contributed by atoms with Gasteiger partial charge < -0.3 is 4.90 Å². The first kappa shape index (κ1) is 12.4. The standard InChI is InChI=1S/C13H15N3O2/c1-10-3-2-6-15(9-10)12-5-4-11(8-14)7-13(12)16(17)18/h4-5,7,10H,2-3,6,9H2,1H3. The molecule has 1 aromatic rings. The van der Waals surface area contributed by atoms with Crippen LogP contribution in [0.2, 0.25) is 0 Å². The van der Waals surface area contributed by atoms with Gasteiger partial charge in [-0.05, 0) is 30.9 Å². The van der Waals surface area contributed by atoms with Crippen molar-refractivity contribution in [3.05, 3.63) is 33.9 Å². The Labute approximate surface area is 106 Å². The van der Waals surface area contributed by atoms with Crippen molar-refractivity contribution in [1.82, 2.24) is 0 Å². The molecule has 0 N–H and O–H groups in total. The molecule has 0 radical (unpaired) electrons. The van der Waals surface area contributed by atoms with Crippen molar-refractivity contribution in [2.75, 3.05) is 18.0 Å². The lowest BCUT2D eigenvalue weighted by molar-refractivity contribution is -0.384. The number of piperidine rings is 1. The third kappa shape index (κ3) is 2.43. The molecule has 1 unspecified atom stereocenters. The molecular weight excluding hydrogens is 230 g/mol. The van der Waals surface area contributed by atoms with Crippen LogP contribution >= 0.6 is 0 Å². The van der Waals surface area contributed by atoms with Crippen molar-refractivity contribution in [1.29, 1.82) is 5.26 Å². The van der Waals surface area contributed by atoms with Crippen molar-refractivity contribution >= 4 is 11.4 Å². The van der Waals surface area contributed by atoms with Crippen LogP contribution in [-0.4, -0.2) is 18.0 Å². The summed E-state index contributed by atoms with van der Waals surface area (Å²) in [6, 6.07) is 6.62. The summed E-state index contributed by atoms with van der Waals surface area (Å²) >= 11 is 0. The van der Waals surface area contributed by atoms with Gasteiger partial charge in [-0.25, -0.2) is 0 Å². The maximum absolute atomic E-state index is 11.1. The predicted molar refractivity (Wildman–Crippen MR) is 68.4 cm³/mol. The summed E-state index contributed by atoms with van der Waals surface area (Å²) in [6.45, 7) is 3.84. The number of nitrogens with zero attached hydrogens (tertiary/aromatic N) is 3. The second kappa shape index (κ2) is 5.05. The second-order valence-electron chi connectivity index (χ2n) is 4.77.